The third-order valence-electron chi connectivity index (χ3n) is 3.02. The van der Waals surface area contributed by atoms with Gasteiger partial charge in [-0.05, 0) is 13.3 Å². The molecule has 1 atom stereocenters. The molecule has 1 aliphatic rings. The Morgan fingerprint density at radius 1 is 1.61 bits per heavy atom. The molecule has 100 valence electrons. The lowest BCUT2D eigenvalue weighted by atomic mass is 10.1. The minimum absolute atomic E-state index is 0.174. The van der Waals surface area contributed by atoms with E-state index in [2.05, 4.69) is 20.8 Å². The van der Waals surface area contributed by atoms with Crippen LogP contribution in [-0.2, 0) is 17.8 Å². The quantitative estimate of drug-likeness (QED) is 0.781. The fraction of sp³-hybridized carbons (Fsp3) is 0.727. The third-order valence-corrected chi connectivity index (χ3v) is 3.02. The summed E-state index contributed by atoms with van der Waals surface area (Å²) in [4.78, 5) is 11.6. The van der Waals surface area contributed by atoms with Crippen LogP contribution in [0.2, 0.25) is 0 Å². The van der Waals surface area contributed by atoms with Crippen molar-refractivity contribution in [3.05, 3.63) is 12.2 Å². The van der Waals surface area contributed by atoms with Crippen LogP contribution in [0.5, 0.6) is 0 Å². The van der Waals surface area contributed by atoms with Crippen molar-refractivity contribution in [3.8, 4) is 0 Å². The monoisotopic (exact) mass is 253 g/mol. The number of nitrogens with one attached hydrogen (secondary N) is 2. The second-order valence-electron chi connectivity index (χ2n) is 4.33. The lowest BCUT2D eigenvalue weighted by molar-refractivity contribution is 0.185. The van der Waals surface area contributed by atoms with Crippen LogP contribution in [0.3, 0.4) is 0 Å². The summed E-state index contributed by atoms with van der Waals surface area (Å²) < 4.78 is 7.14. The highest BCUT2D eigenvalue weighted by Crippen LogP contribution is 2.10. The van der Waals surface area contributed by atoms with Gasteiger partial charge in [0.1, 0.15) is 6.33 Å². The molecule has 1 saturated heterocycles. The molecular weight excluding hydrogens is 234 g/mol. The minimum atomic E-state index is -0.174. The molecule has 1 fully saturated rings. The maximum atomic E-state index is 11.6. The fourth-order valence-corrected chi connectivity index (χ4v) is 1.88. The Bertz CT molecular complexity index is 387. The van der Waals surface area contributed by atoms with Gasteiger partial charge in [-0.2, -0.15) is 0 Å². The van der Waals surface area contributed by atoms with Crippen molar-refractivity contribution in [2.75, 3.05) is 19.8 Å². The molecule has 18 heavy (non-hydrogen) atoms. The van der Waals surface area contributed by atoms with Crippen LogP contribution in [0.4, 0.5) is 4.79 Å². The van der Waals surface area contributed by atoms with Crippen molar-refractivity contribution in [3.63, 3.8) is 0 Å². The Morgan fingerprint density at radius 2 is 2.50 bits per heavy atom. The molecule has 1 aromatic rings. The zero-order valence-corrected chi connectivity index (χ0v) is 10.6. The summed E-state index contributed by atoms with van der Waals surface area (Å²) in [6.07, 6.45) is 2.68. The van der Waals surface area contributed by atoms with E-state index in [9.17, 15) is 4.79 Å². The first-order chi connectivity index (χ1) is 8.79. The average Bonchev–Trinajstić information content (AvgIpc) is 3.04. The number of hydrogen-bond donors (Lipinski definition) is 2. The van der Waals surface area contributed by atoms with E-state index in [-0.39, 0.29) is 6.03 Å². The predicted octanol–water partition coefficient (Wildman–Crippen LogP) is 0.134. The molecule has 2 rings (SSSR count). The van der Waals surface area contributed by atoms with Gasteiger partial charge in [-0.25, -0.2) is 4.79 Å². The molecule has 0 bridgehead atoms. The molecule has 1 aromatic heterocycles. The van der Waals surface area contributed by atoms with Crippen molar-refractivity contribution >= 4 is 6.03 Å². The second-order valence-corrected chi connectivity index (χ2v) is 4.33. The maximum absolute atomic E-state index is 11.6. The lowest BCUT2D eigenvalue weighted by Crippen LogP contribution is -2.38. The van der Waals surface area contributed by atoms with Crippen LogP contribution in [0.25, 0.3) is 0 Å². The van der Waals surface area contributed by atoms with Crippen LogP contribution in [0, 0.1) is 5.92 Å². The number of carbonyl (C=O) groups is 1. The molecule has 0 radical (unpaired) electrons. The van der Waals surface area contributed by atoms with Gasteiger partial charge in [0, 0.05) is 25.6 Å². The highest BCUT2D eigenvalue weighted by Gasteiger charge is 2.16. The molecule has 1 aliphatic heterocycles. The molecule has 2 amide bonds. The zero-order chi connectivity index (χ0) is 12.8. The van der Waals surface area contributed by atoms with E-state index >= 15 is 0 Å². The molecule has 2 heterocycles. The third kappa shape index (κ3) is 3.43. The van der Waals surface area contributed by atoms with Crippen LogP contribution < -0.4 is 10.6 Å². The van der Waals surface area contributed by atoms with Gasteiger partial charge in [0.05, 0.1) is 13.2 Å². The van der Waals surface area contributed by atoms with E-state index in [1.165, 1.54) is 0 Å². The standard InChI is InChI=1S/C11H19N5O2/c1-2-16-8-14-15-10(16)6-13-11(17)12-5-9-3-4-18-7-9/h8-9H,2-7H2,1H3,(H2,12,13,17)/t9-/m1/s1. The summed E-state index contributed by atoms with van der Waals surface area (Å²) in [6.45, 7) is 5.39. The SMILES string of the molecule is CCn1cnnc1CNC(=O)NC[C@H]1CCOC1. The lowest BCUT2D eigenvalue weighted by Gasteiger charge is -2.10. The minimum Gasteiger partial charge on any atom is -0.381 e. The Hall–Kier alpha value is -1.63. The van der Waals surface area contributed by atoms with Crippen molar-refractivity contribution < 1.29 is 9.53 Å². The van der Waals surface area contributed by atoms with E-state index in [1.807, 2.05) is 11.5 Å². The number of nitrogens with zero attached hydrogens (tertiary/aromatic N) is 3. The van der Waals surface area contributed by atoms with Crippen molar-refractivity contribution in [2.45, 2.75) is 26.4 Å². The highest BCUT2D eigenvalue weighted by atomic mass is 16.5. The van der Waals surface area contributed by atoms with Gasteiger partial charge in [0.2, 0.25) is 0 Å². The Morgan fingerprint density at radius 3 is 3.22 bits per heavy atom. The number of carbonyl (C=O) groups excluding carboxylic acids is 1. The van der Waals surface area contributed by atoms with E-state index in [1.54, 1.807) is 6.33 Å². The molecule has 0 aromatic carbocycles. The van der Waals surface area contributed by atoms with Crippen LogP contribution in [-0.4, -0.2) is 40.6 Å². The smallest absolute Gasteiger partial charge is 0.315 e. The summed E-state index contributed by atoms with van der Waals surface area (Å²) in [6, 6.07) is -0.174. The van der Waals surface area contributed by atoms with Crippen LogP contribution >= 0.6 is 0 Å². The molecule has 2 N–H and O–H groups in total. The van der Waals surface area contributed by atoms with Crippen molar-refractivity contribution in [1.82, 2.24) is 25.4 Å². The Labute approximate surface area is 106 Å². The molecule has 7 heteroatoms. The molecular formula is C11H19N5O2. The topological polar surface area (TPSA) is 81.1 Å². The number of ether oxygens (including phenoxy) is 1. The van der Waals surface area contributed by atoms with Gasteiger partial charge in [-0.3, -0.25) is 0 Å². The van der Waals surface area contributed by atoms with E-state index in [4.69, 9.17) is 4.74 Å². The summed E-state index contributed by atoms with van der Waals surface area (Å²) in [7, 11) is 0. The second kappa shape index (κ2) is 6.34. The number of urea groups is 1. The van der Waals surface area contributed by atoms with E-state index in [0.717, 1.165) is 32.0 Å². The normalized spacial score (nSPS) is 18.8. The van der Waals surface area contributed by atoms with Crippen molar-refractivity contribution in [2.24, 2.45) is 5.92 Å². The van der Waals surface area contributed by atoms with Gasteiger partial charge < -0.3 is 19.9 Å². The van der Waals surface area contributed by atoms with E-state index < -0.39 is 0 Å². The molecule has 7 nitrogen and oxygen atoms in total. The first kappa shape index (κ1) is 12.8. The zero-order valence-electron chi connectivity index (χ0n) is 10.6. The van der Waals surface area contributed by atoms with Gasteiger partial charge in [0.15, 0.2) is 5.82 Å². The van der Waals surface area contributed by atoms with E-state index in [0.29, 0.717) is 19.0 Å². The molecule has 0 spiro atoms. The summed E-state index contributed by atoms with van der Waals surface area (Å²) in [5.41, 5.74) is 0. The van der Waals surface area contributed by atoms with Gasteiger partial charge in [-0.1, -0.05) is 0 Å². The summed E-state index contributed by atoms with van der Waals surface area (Å²) in [5, 5.41) is 13.4. The maximum Gasteiger partial charge on any atom is 0.315 e. The molecule has 0 aliphatic carbocycles. The van der Waals surface area contributed by atoms with Crippen LogP contribution in [0.15, 0.2) is 6.33 Å². The summed E-state index contributed by atoms with van der Waals surface area (Å²) >= 11 is 0. The number of amides is 2. The summed E-state index contributed by atoms with van der Waals surface area (Å²) in [5.74, 6) is 1.20. The first-order valence-corrected chi connectivity index (χ1v) is 6.25. The van der Waals surface area contributed by atoms with Crippen molar-refractivity contribution in [1.29, 1.82) is 0 Å². The van der Waals surface area contributed by atoms with Gasteiger partial charge >= 0.3 is 6.03 Å². The van der Waals surface area contributed by atoms with Gasteiger partial charge in [0.25, 0.3) is 0 Å². The molecule has 0 unspecified atom stereocenters. The number of rotatable bonds is 5. The van der Waals surface area contributed by atoms with Gasteiger partial charge in [-0.15, -0.1) is 10.2 Å². The Balaban J connectivity index is 1.68. The largest absolute Gasteiger partial charge is 0.381 e. The highest BCUT2D eigenvalue weighted by molar-refractivity contribution is 5.73. The average molecular weight is 253 g/mol. The number of aryl methyl sites for hydroxylation is 1. The number of aromatic nitrogens is 3. The number of hydrogen-bond acceptors (Lipinski definition) is 4. The predicted molar refractivity (Wildman–Crippen MR) is 64.9 cm³/mol. The first-order valence-electron chi connectivity index (χ1n) is 6.25. The van der Waals surface area contributed by atoms with Crippen LogP contribution in [0.1, 0.15) is 19.2 Å². The Kier molecular flexibility index (Phi) is 4.52. The fourth-order valence-electron chi connectivity index (χ4n) is 1.88. The molecule has 0 saturated carbocycles.